The van der Waals surface area contributed by atoms with Crippen LogP contribution in [-0.2, 0) is 23.0 Å². The van der Waals surface area contributed by atoms with Gasteiger partial charge in [-0.15, -0.1) is 0 Å². The molecule has 0 aliphatic heterocycles. The Morgan fingerprint density at radius 3 is 2.59 bits per heavy atom. The number of hydrogen-bond donors (Lipinski definition) is 0. The number of pyridine rings is 1. The monoisotopic (exact) mass is 365 g/mol. The van der Waals surface area contributed by atoms with Gasteiger partial charge in [0.15, 0.2) is 5.89 Å². The van der Waals surface area contributed by atoms with E-state index < -0.39 is 0 Å². The Morgan fingerprint density at radius 2 is 1.93 bits per heavy atom. The zero-order chi connectivity index (χ0) is 18.9. The van der Waals surface area contributed by atoms with Crippen molar-refractivity contribution < 1.29 is 9.15 Å². The molecule has 2 aliphatic carbocycles. The SMILES string of the molecule is COCC1(c2nc3c(c(-c4coc(C)n4)c2C#N)CCCCC3)CCCC1. The van der Waals surface area contributed by atoms with Crippen molar-refractivity contribution in [1.29, 1.82) is 5.26 Å². The summed E-state index contributed by atoms with van der Waals surface area (Å²) in [6.07, 6.45) is 11.5. The summed E-state index contributed by atoms with van der Waals surface area (Å²) in [4.78, 5) is 9.74. The predicted octanol–water partition coefficient (Wildman–Crippen LogP) is 4.64. The molecule has 0 aromatic carbocycles. The van der Waals surface area contributed by atoms with Crippen molar-refractivity contribution in [3.8, 4) is 17.3 Å². The van der Waals surface area contributed by atoms with Crippen LogP contribution in [0.1, 0.15) is 73.4 Å². The molecule has 0 amide bonds. The molecule has 1 fully saturated rings. The van der Waals surface area contributed by atoms with E-state index >= 15 is 0 Å². The van der Waals surface area contributed by atoms with Crippen molar-refractivity contribution in [1.82, 2.24) is 9.97 Å². The Hall–Kier alpha value is -2.19. The number of hydrogen-bond acceptors (Lipinski definition) is 5. The molecule has 4 rings (SSSR count). The van der Waals surface area contributed by atoms with Crippen molar-refractivity contribution >= 4 is 0 Å². The Bertz CT molecular complexity index is 872. The van der Waals surface area contributed by atoms with Crippen LogP contribution in [0.25, 0.3) is 11.3 Å². The van der Waals surface area contributed by atoms with Gasteiger partial charge in [0.1, 0.15) is 18.0 Å². The van der Waals surface area contributed by atoms with Gasteiger partial charge in [-0.1, -0.05) is 19.3 Å². The van der Waals surface area contributed by atoms with Crippen LogP contribution < -0.4 is 0 Å². The van der Waals surface area contributed by atoms with Gasteiger partial charge < -0.3 is 9.15 Å². The second-order valence-corrected chi connectivity index (χ2v) is 7.98. The van der Waals surface area contributed by atoms with Crippen LogP contribution in [0.3, 0.4) is 0 Å². The quantitative estimate of drug-likeness (QED) is 0.738. The molecule has 1 saturated carbocycles. The molecule has 0 atom stereocenters. The largest absolute Gasteiger partial charge is 0.449 e. The number of methoxy groups -OCH3 is 1. The summed E-state index contributed by atoms with van der Waals surface area (Å²) in [5.74, 6) is 0.627. The molecule has 5 nitrogen and oxygen atoms in total. The maximum atomic E-state index is 10.2. The maximum absolute atomic E-state index is 10.2. The lowest BCUT2D eigenvalue weighted by Crippen LogP contribution is -2.31. The maximum Gasteiger partial charge on any atom is 0.191 e. The molecular weight excluding hydrogens is 338 g/mol. The summed E-state index contributed by atoms with van der Waals surface area (Å²) < 4.78 is 11.1. The number of nitrogens with zero attached hydrogens (tertiary/aromatic N) is 3. The molecule has 0 N–H and O–H groups in total. The lowest BCUT2D eigenvalue weighted by molar-refractivity contribution is 0.129. The Kier molecular flexibility index (Phi) is 5.01. The molecular formula is C22H27N3O2. The molecule has 0 unspecified atom stereocenters. The van der Waals surface area contributed by atoms with Crippen molar-refractivity contribution in [3.63, 3.8) is 0 Å². The molecule has 142 valence electrons. The third-order valence-electron chi connectivity index (χ3n) is 6.19. The molecule has 5 heteroatoms. The van der Waals surface area contributed by atoms with Crippen LogP contribution in [0.2, 0.25) is 0 Å². The molecule has 0 spiro atoms. The van der Waals surface area contributed by atoms with Gasteiger partial charge in [-0.25, -0.2) is 4.98 Å². The van der Waals surface area contributed by atoms with Crippen molar-refractivity contribution in [2.24, 2.45) is 0 Å². The summed E-state index contributed by atoms with van der Waals surface area (Å²) >= 11 is 0. The number of oxazole rings is 1. The van der Waals surface area contributed by atoms with Crippen LogP contribution in [0, 0.1) is 18.3 Å². The Labute approximate surface area is 160 Å². The molecule has 2 aliphatic rings. The minimum Gasteiger partial charge on any atom is -0.449 e. The number of fused-ring (bicyclic) bond motifs is 1. The van der Waals surface area contributed by atoms with Crippen molar-refractivity contribution in [2.45, 2.75) is 70.1 Å². The van der Waals surface area contributed by atoms with E-state index in [1.807, 2.05) is 6.92 Å². The second kappa shape index (κ2) is 7.44. The highest BCUT2D eigenvalue weighted by Gasteiger charge is 2.41. The first kappa shape index (κ1) is 18.2. The van der Waals surface area contributed by atoms with E-state index in [9.17, 15) is 5.26 Å². The number of rotatable bonds is 4. The fraction of sp³-hybridized carbons (Fsp3) is 0.591. The number of ether oxygens (including phenoxy) is 1. The smallest absolute Gasteiger partial charge is 0.191 e. The van der Waals surface area contributed by atoms with E-state index in [0.717, 1.165) is 74.0 Å². The van der Waals surface area contributed by atoms with Crippen molar-refractivity contribution in [3.05, 3.63) is 34.7 Å². The van der Waals surface area contributed by atoms with Gasteiger partial charge in [0, 0.05) is 30.7 Å². The summed E-state index contributed by atoms with van der Waals surface area (Å²) in [6.45, 7) is 2.46. The highest BCUT2D eigenvalue weighted by atomic mass is 16.5. The first-order valence-corrected chi connectivity index (χ1v) is 10.1. The van der Waals surface area contributed by atoms with Gasteiger partial charge in [0.2, 0.25) is 0 Å². The molecule has 27 heavy (non-hydrogen) atoms. The standard InChI is InChI=1S/C22H27N3O2/c1-15-24-19(13-27-15)20-16-8-4-3-5-9-18(16)25-21(17(20)12-23)22(14-26-2)10-6-7-11-22/h13H,3-11,14H2,1-2H3. The first-order valence-electron chi connectivity index (χ1n) is 10.1. The average Bonchev–Trinajstić information content (AvgIpc) is 3.24. The lowest BCUT2D eigenvalue weighted by Gasteiger charge is -2.30. The normalized spacial score (nSPS) is 18.7. The molecule has 0 bridgehead atoms. The minimum absolute atomic E-state index is 0.158. The highest BCUT2D eigenvalue weighted by molar-refractivity contribution is 5.73. The number of aromatic nitrogens is 2. The lowest BCUT2D eigenvalue weighted by atomic mass is 9.78. The Balaban J connectivity index is 2.00. The van der Waals surface area contributed by atoms with Gasteiger partial charge in [-0.05, 0) is 44.1 Å². The van der Waals surface area contributed by atoms with E-state index in [1.54, 1.807) is 13.4 Å². The topological polar surface area (TPSA) is 71.9 Å². The molecule has 2 heterocycles. The number of aryl methyl sites for hydroxylation is 2. The molecule has 0 radical (unpaired) electrons. The minimum atomic E-state index is -0.158. The first-order chi connectivity index (χ1) is 13.2. The molecule has 2 aromatic heterocycles. The summed E-state index contributed by atoms with van der Waals surface area (Å²) in [5.41, 5.74) is 5.54. The summed E-state index contributed by atoms with van der Waals surface area (Å²) in [6, 6.07) is 2.50. The van der Waals surface area contributed by atoms with Crippen molar-refractivity contribution in [2.75, 3.05) is 13.7 Å². The van der Waals surface area contributed by atoms with Gasteiger partial charge in [-0.3, -0.25) is 4.98 Å². The highest BCUT2D eigenvalue weighted by Crippen LogP contribution is 2.45. The van der Waals surface area contributed by atoms with Gasteiger partial charge in [0.05, 0.1) is 17.9 Å². The van der Waals surface area contributed by atoms with Crippen LogP contribution >= 0.6 is 0 Å². The zero-order valence-corrected chi connectivity index (χ0v) is 16.3. The van der Waals surface area contributed by atoms with Crippen LogP contribution in [-0.4, -0.2) is 23.7 Å². The van der Waals surface area contributed by atoms with Gasteiger partial charge in [-0.2, -0.15) is 5.26 Å². The average molecular weight is 365 g/mol. The summed E-state index contributed by atoms with van der Waals surface area (Å²) in [5, 5.41) is 10.2. The molecule has 2 aromatic rings. The zero-order valence-electron chi connectivity index (χ0n) is 16.3. The second-order valence-electron chi connectivity index (χ2n) is 7.98. The van der Waals surface area contributed by atoms with E-state index in [2.05, 4.69) is 11.1 Å². The third kappa shape index (κ3) is 3.17. The van der Waals surface area contributed by atoms with Gasteiger partial charge >= 0.3 is 0 Å². The van der Waals surface area contributed by atoms with Crippen LogP contribution in [0.4, 0.5) is 0 Å². The third-order valence-corrected chi connectivity index (χ3v) is 6.19. The van der Waals surface area contributed by atoms with Crippen LogP contribution in [0.5, 0.6) is 0 Å². The van der Waals surface area contributed by atoms with Gasteiger partial charge in [0.25, 0.3) is 0 Å². The van der Waals surface area contributed by atoms with E-state index in [1.165, 1.54) is 12.0 Å². The fourth-order valence-corrected chi connectivity index (χ4v) is 4.95. The van der Waals surface area contributed by atoms with Crippen LogP contribution in [0.15, 0.2) is 10.7 Å². The van der Waals surface area contributed by atoms with E-state index in [4.69, 9.17) is 14.1 Å². The Morgan fingerprint density at radius 1 is 1.15 bits per heavy atom. The predicted molar refractivity (Wildman–Crippen MR) is 102 cm³/mol. The summed E-state index contributed by atoms with van der Waals surface area (Å²) in [7, 11) is 1.75. The van der Waals surface area contributed by atoms with E-state index in [-0.39, 0.29) is 5.41 Å². The fourth-order valence-electron chi connectivity index (χ4n) is 4.95. The number of nitriles is 1. The van der Waals surface area contributed by atoms with E-state index in [0.29, 0.717) is 18.1 Å². The molecule has 0 saturated heterocycles.